The van der Waals surface area contributed by atoms with Crippen LogP contribution in [0.4, 0.5) is 5.69 Å². The maximum atomic E-state index is 13.3. The van der Waals surface area contributed by atoms with E-state index in [0.717, 1.165) is 35.2 Å². The molecule has 3 aromatic rings. The number of carbonyl (C=O) groups is 2. The molecule has 0 radical (unpaired) electrons. The van der Waals surface area contributed by atoms with Crippen LogP contribution >= 0.6 is 11.8 Å². The van der Waals surface area contributed by atoms with Gasteiger partial charge in [-0.2, -0.15) is 0 Å². The van der Waals surface area contributed by atoms with Crippen molar-refractivity contribution >= 4 is 29.3 Å². The second-order valence-corrected chi connectivity index (χ2v) is 9.81. The van der Waals surface area contributed by atoms with Crippen molar-refractivity contribution in [3.8, 4) is 17.2 Å². The number of nitrogens with zero attached hydrogens (tertiary/aromatic N) is 2. The Morgan fingerprint density at radius 1 is 0.778 bits per heavy atom. The number of benzene rings is 3. The zero-order chi connectivity index (χ0) is 25.1. The third kappa shape index (κ3) is 4.92. The van der Waals surface area contributed by atoms with Crippen LogP contribution in [0.25, 0.3) is 0 Å². The number of hydrogen-bond donors (Lipinski definition) is 0. The molecule has 0 saturated carbocycles. The van der Waals surface area contributed by atoms with Crippen molar-refractivity contribution in [2.45, 2.75) is 22.6 Å². The summed E-state index contributed by atoms with van der Waals surface area (Å²) in [5, 5.41) is 0. The highest BCUT2D eigenvalue weighted by atomic mass is 32.2. The Morgan fingerprint density at radius 3 is 2.22 bits per heavy atom. The molecule has 2 heterocycles. The number of likely N-dealkylation sites (tertiary alicyclic amines) is 1. The Hall–Kier alpha value is -3.49. The molecule has 0 aromatic heterocycles. The number of imide groups is 1. The molecule has 0 N–H and O–H groups in total. The van der Waals surface area contributed by atoms with E-state index in [1.807, 2.05) is 30.3 Å². The van der Waals surface area contributed by atoms with Crippen LogP contribution < -0.4 is 19.1 Å². The standard InChI is InChI=1S/C28H28N2O5S/c1-33-20-6-8-21(9-7-20)36-22-10-11-23-24(18-22)28(32)30(27(23)31)19-5-12-25(26(17-19)34-2)35-16-15-29-13-3-4-14-29/h5-12,17-18H,3-4,13-16H2,1-2H3. The average Bonchev–Trinajstić information content (AvgIpc) is 3.51. The van der Waals surface area contributed by atoms with Gasteiger partial charge in [-0.05, 0) is 80.5 Å². The Kier molecular flexibility index (Phi) is 7.16. The van der Waals surface area contributed by atoms with E-state index in [9.17, 15) is 9.59 Å². The molecule has 36 heavy (non-hydrogen) atoms. The lowest BCUT2D eigenvalue weighted by atomic mass is 10.1. The molecule has 2 aliphatic heterocycles. The first-order valence-electron chi connectivity index (χ1n) is 12.0. The van der Waals surface area contributed by atoms with E-state index in [1.165, 1.54) is 29.5 Å². The van der Waals surface area contributed by atoms with Crippen LogP contribution in [0.3, 0.4) is 0 Å². The summed E-state index contributed by atoms with van der Waals surface area (Å²) in [5.74, 6) is 1.16. The second-order valence-electron chi connectivity index (χ2n) is 8.66. The topological polar surface area (TPSA) is 68.3 Å². The van der Waals surface area contributed by atoms with Gasteiger partial charge in [0.2, 0.25) is 0 Å². The fraction of sp³-hybridized carbons (Fsp3) is 0.286. The lowest BCUT2D eigenvalue weighted by molar-refractivity contribution is 0.0926. The maximum absolute atomic E-state index is 13.3. The van der Waals surface area contributed by atoms with Gasteiger partial charge in [0.05, 0.1) is 31.0 Å². The lowest BCUT2D eigenvalue weighted by Gasteiger charge is -2.18. The lowest BCUT2D eigenvalue weighted by Crippen LogP contribution is -2.29. The molecule has 0 spiro atoms. The normalized spacial score (nSPS) is 15.3. The maximum Gasteiger partial charge on any atom is 0.266 e. The minimum atomic E-state index is -0.350. The number of methoxy groups -OCH3 is 2. The average molecular weight is 505 g/mol. The highest BCUT2D eigenvalue weighted by molar-refractivity contribution is 7.99. The molecule has 0 atom stereocenters. The quantitative estimate of drug-likeness (QED) is 0.374. The summed E-state index contributed by atoms with van der Waals surface area (Å²) >= 11 is 1.52. The minimum Gasteiger partial charge on any atom is -0.497 e. The Balaban J connectivity index is 1.31. The molecule has 7 nitrogen and oxygen atoms in total. The minimum absolute atomic E-state index is 0.347. The summed E-state index contributed by atoms with van der Waals surface area (Å²) in [6.07, 6.45) is 2.47. The first-order valence-corrected chi connectivity index (χ1v) is 12.8. The fourth-order valence-corrected chi connectivity index (χ4v) is 5.36. The molecule has 1 saturated heterocycles. The van der Waals surface area contributed by atoms with Gasteiger partial charge in [-0.3, -0.25) is 14.5 Å². The van der Waals surface area contributed by atoms with Gasteiger partial charge in [-0.15, -0.1) is 0 Å². The van der Waals surface area contributed by atoms with Crippen LogP contribution in [0, 0.1) is 0 Å². The molecule has 1 fully saturated rings. The predicted octanol–water partition coefficient (Wildman–Crippen LogP) is 5.13. The van der Waals surface area contributed by atoms with Crippen molar-refractivity contribution in [1.82, 2.24) is 4.90 Å². The van der Waals surface area contributed by atoms with E-state index < -0.39 is 0 Å². The molecular weight excluding hydrogens is 476 g/mol. The van der Waals surface area contributed by atoms with Crippen molar-refractivity contribution in [1.29, 1.82) is 0 Å². The van der Waals surface area contributed by atoms with E-state index in [0.29, 0.717) is 34.9 Å². The molecule has 8 heteroatoms. The van der Waals surface area contributed by atoms with Gasteiger partial charge in [-0.25, -0.2) is 4.90 Å². The first-order chi connectivity index (χ1) is 17.6. The number of hydrogen-bond acceptors (Lipinski definition) is 7. The Labute approximate surface area is 214 Å². The molecule has 0 aliphatic carbocycles. The fourth-order valence-electron chi connectivity index (χ4n) is 4.50. The molecule has 5 rings (SSSR count). The van der Waals surface area contributed by atoms with Crippen LogP contribution in [0.15, 0.2) is 70.5 Å². The first kappa shape index (κ1) is 24.2. The Morgan fingerprint density at radius 2 is 1.50 bits per heavy atom. The van der Waals surface area contributed by atoms with Gasteiger partial charge in [0.25, 0.3) is 11.8 Å². The van der Waals surface area contributed by atoms with Crippen LogP contribution in [-0.2, 0) is 0 Å². The van der Waals surface area contributed by atoms with Crippen LogP contribution in [0.5, 0.6) is 17.2 Å². The van der Waals surface area contributed by atoms with Crippen LogP contribution in [-0.4, -0.2) is 57.2 Å². The molecule has 3 aromatic carbocycles. The van der Waals surface area contributed by atoms with E-state index in [4.69, 9.17) is 14.2 Å². The summed E-state index contributed by atoms with van der Waals surface area (Å²) in [7, 11) is 3.18. The number of carbonyl (C=O) groups excluding carboxylic acids is 2. The number of ether oxygens (including phenoxy) is 3. The van der Waals surface area contributed by atoms with Crippen LogP contribution in [0.1, 0.15) is 33.6 Å². The van der Waals surface area contributed by atoms with Crippen molar-refractivity contribution in [2.75, 3.05) is 45.4 Å². The molecule has 2 amide bonds. The number of anilines is 1. The van der Waals surface area contributed by atoms with E-state index in [1.54, 1.807) is 44.6 Å². The van der Waals surface area contributed by atoms with E-state index in [2.05, 4.69) is 4.90 Å². The van der Waals surface area contributed by atoms with Crippen molar-refractivity contribution in [3.63, 3.8) is 0 Å². The summed E-state index contributed by atoms with van der Waals surface area (Å²) in [6, 6.07) is 18.2. The molecular formula is C28H28N2O5S. The summed E-state index contributed by atoms with van der Waals surface area (Å²) in [4.78, 5) is 31.9. The van der Waals surface area contributed by atoms with E-state index in [-0.39, 0.29) is 11.8 Å². The molecule has 2 aliphatic rings. The summed E-state index contributed by atoms with van der Waals surface area (Å²) < 4.78 is 16.7. The molecule has 0 bridgehead atoms. The summed E-state index contributed by atoms with van der Waals surface area (Å²) in [6.45, 7) is 3.64. The zero-order valence-electron chi connectivity index (χ0n) is 20.4. The van der Waals surface area contributed by atoms with Gasteiger partial charge < -0.3 is 14.2 Å². The van der Waals surface area contributed by atoms with Gasteiger partial charge in [0.1, 0.15) is 12.4 Å². The predicted molar refractivity (Wildman–Crippen MR) is 139 cm³/mol. The largest absolute Gasteiger partial charge is 0.497 e. The van der Waals surface area contributed by atoms with E-state index >= 15 is 0 Å². The highest BCUT2D eigenvalue weighted by Crippen LogP contribution is 2.37. The van der Waals surface area contributed by atoms with Crippen molar-refractivity contribution < 1.29 is 23.8 Å². The Bertz CT molecular complexity index is 1270. The van der Waals surface area contributed by atoms with Crippen molar-refractivity contribution in [3.05, 3.63) is 71.8 Å². The highest BCUT2D eigenvalue weighted by Gasteiger charge is 2.37. The SMILES string of the molecule is COc1ccc(Sc2ccc3c(c2)C(=O)N(c2ccc(OCCN4CCCC4)c(OC)c2)C3=O)cc1. The van der Waals surface area contributed by atoms with Gasteiger partial charge in [0.15, 0.2) is 11.5 Å². The smallest absolute Gasteiger partial charge is 0.266 e. The monoisotopic (exact) mass is 504 g/mol. The van der Waals surface area contributed by atoms with Gasteiger partial charge in [0, 0.05) is 22.4 Å². The second kappa shape index (κ2) is 10.6. The number of amides is 2. The third-order valence-corrected chi connectivity index (χ3v) is 7.42. The van der Waals surface area contributed by atoms with Crippen molar-refractivity contribution in [2.24, 2.45) is 0 Å². The molecule has 186 valence electrons. The number of fused-ring (bicyclic) bond motifs is 1. The van der Waals surface area contributed by atoms with Gasteiger partial charge in [-0.1, -0.05) is 11.8 Å². The summed E-state index contributed by atoms with van der Waals surface area (Å²) in [5.41, 5.74) is 1.24. The van der Waals surface area contributed by atoms with Crippen LogP contribution in [0.2, 0.25) is 0 Å². The number of rotatable bonds is 9. The zero-order valence-corrected chi connectivity index (χ0v) is 21.2. The third-order valence-electron chi connectivity index (χ3n) is 6.42. The molecule has 0 unspecified atom stereocenters. The van der Waals surface area contributed by atoms with Gasteiger partial charge >= 0.3 is 0 Å².